The van der Waals surface area contributed by atoms with Crippen molar-refractivity contribution in [3.8, 4) is 0 Å². The summed E-state index contributed by atoms with van der Waals surface area (Å²) in [4.78, 5) is 0. The summed E-state index contributed by atoms with van der Waals surface area (Å²) >= 11 is 12.3. The minimum absolute atomic E-state index is 0.0457. The number of aliphatic hydroxyl groups is 2. The van der Waals surface area contributed by atoms with Crippen LogP contribution in [0.1, 0.15) is 11.1 Å². The molecule has 0 aliphatic rings. The van der Waals surface area contributed by atoms with Gasteiger partial charge in [-0.05, 0) is 36.6 Å². The maximum absolute atomic E-state index is 8.91. The Morgan fingerprint density at radius 2 is 1.32 bits per heavy atom. The average molecular weight is 355 g/mol. The molecular weight excluding hydrogens is 344 g/mol. The topological polar surface area (TPSA) is 40.5 Å². The third-order valence-electron chi connectivity index (χ3n) is 2.13. The summed E-state index contributed by atoms with van der Waals surface area (Å²) in [6, 6.07) is 16.3. The number of hydrogen-bond donors (Lipinski definition) is 2. The number of thiocarbonyl (C=S) groups is 2. The van der Waals surface area contributed by atoms with Crippen LogP contribution in [0.15, 0.2) is 59.1 Å². The van der Waals surface area contributed by atoms with Gasteiger partial charge in [-0.15, -0.1) is 0 Å². The van der Waals surface area contributed by atoms with E-state index in [0.29, 0.717) is 11.1 Å². The van der Waals surface area contributed by atoms with E-state index in [1.54, 1.807) is 18.2 Å². The first-order valence-electron chi connectivity index (χ1n) is 5.28. The average Bonchev–Trinajstić information content (AvgIpc) is 2.40. The lowest BCUT2D eigenvalue weighted by atomic mass is 10.2. The van der Waals surface area contributed by atoms with E-state index in [4.69, 9.17) is 10.2 Å². The Hall–Kier alpha value is -1.30. The van der Waals surface area contributed by atoms with Crippen LogP contribution in [0.25, 0.3) is 0 Å². The molecule has 0 bridgehead atoms. The molecule has 0 radical (unpaired) electrons. The lowest BCUT2D eigenvalue weighted by molar-refractivity contribution is 0.570. The van der Waals surface area contributed by atoms with Crippen LogP contribution in [-0.4, -0.2) is 20.3 Å². The quantitative estimate of drug-likeness (QED) is 0.773. The molecule has 0 spiro atoms. The SMILES string of the molecule is OC(=S)c1ccccc1.OC(=S)c1ccccc1Br. The second-order valence-electron chi connectivity index (χ2n) is 3.46. The maximum atomic E-state index is 8.91. The zero-order chi connectivity index (χ0) is 14.3. The molecule has 0 aliphatic heterocycles. The fourth-order valence-corrected chi connectivity index (χ4v) is 2.13. The standard InChI is InChI=1S/C7H5BrOS.C7H6OS/c8-6-4-2-1-3-5(6)7(9)10;8-7(9)6-4-2-1-3-5-6/h1-4H,(H,9,10);1-5H,(H,8,9). The summed E-state index contributed by atoms with van der Waals surface area (Å²) in [5, 5.41) is 17.5. The summed E-state index contributed by atoms with van der Waals surface area (Å²) in [7, 11) is 0. The number of aliphatic hydroxyl groups excluding tert-OH is 2. The van der Waals surface area contributed by atoms with Gasteiger partial charge in [-0.3, -0.25) is 0 Å². The molecule has 0 aliphatic carbocycles. The Balaban J connectivity index is 0.000000191. The van der Waals surface area contributed by atoms with Gasteiger partial charge in [0.2, 0.25) is 0 Å². The van der Waals surface area contributed by atoms with Gasteiger partial charge in [0.1, 0.15) is 0 Å². The fourth-order valence-electron chi connectivity index (χ4n) is 1.22. The smallest absolute Gasteiger partial charge is 0.189 e. The number of rotatable bonds is 2. The van der Waals surface area contributed by atoms with E-state index in [1.807, 2.05) is 36.4 Å². The van der Waals surface area contributed by atoms with Crippen LogP contribution in [0.2, 0.25) is 0 Å². The van der Waals surface area contributed by atoms with Crippen LogP contribution in [-0.2, 0) is 0 Å². The number of hydrogen-bond acceptors (Lipinski definition) is 2. The van der Waals surface area contributed by atoms with Crippen molar-refractivity contribution >= 4 is 50.5 Å². The second kappa shape index (κ2) is 7.99. The van der Waals surface area contributed by atoms with Crippen LogP contribution in [0.3, 0.4) is 0 Å². The Bertz CT molecular complexity index is 571. The Morgan fingerprint density at radius 3 is 1.68 bits per heavy atom. The highest BCUT2D eigenvalue weighted by Crippen LogP contribution is 2.15. The van der Waals surface area contributed by atoms with E-state index in [2.05, 4.69) is 40.4 Å². The molecule has 0 aromatic heterocycles. The Labute approximate surface area is 130 Å². The predicted octanol–water partition coefficient (Wildman–Crippen LogP) is 4.60. The van der Waals surface area contributed by atoms with Gasteiger partial charge in [0.05, 0.1) is 0 Å². The molecule has 0 fully saturated rings. The molecule has 0 amide bonds. The van der Waals surface area contributed by atoms with Gasteiger partial charge in [-0.1, -0.05) is 58.4 Å². The maximum Gasteiger partial charge on any atom is 0.189 e. The molecule has 0 saturated heterocycles. The molecule has 2 nitrogen and oxygen atoms in total. The lowest BCUT2D eigenvalue weighted by Gasteiger charge is -1.97. The van der Waals surface area contributed by atoms with Crippen LogP contribution in [0.4, 0.5) is 0 Å². The van der Waals surface area contributed by atoms with Gasteiger partial charge in [-0.2, -0.15) is 0 Å². The van der Waals surface area contributed by atoms with Gasteiger partial charge in [0.15, 0.2) is 10.1 Å². The molecule has 19 heavy (non-hydrogen) atoms. The van der Waals surface area contributed by atoms with E-state index in [1.165, 1.54) is 0 Å². The molecular formula is C14H11BrO2S2. The molecule has 2 aromatic rings. The van der Waals surface area contributed by atoms with Crippen molar-refractivity contribution in [2.24, 2.45) is 0 Å². The highest BCUT2D eigenvalue weighted by Gasteiger charge is 2.00. The summed E-state index contributed by atoms with van der Waals surface area (Å²) in [5.41, 5.74) is 1.37. The minimum Gasteiger partial charge on any atom is -0.499 e. The fraction of sp³-hybridized carbons (Fsp3) is 0. The van der Waals surface area contributed by atoms with E-state index in [9.17, 15) is 0 Å². The zero-order valence-electron chi connectivity index (χ0n) is 9.79. The van der Waals surface area contributed by atoms with Crippen molar-refractivity contribution in [3.05, 3.63) is 70.2 Å². The van der Waals surface area contributed by atoms with Gasteiger partial charge < -0.3 is 10.2 Å². The number of benzene rings is 2. The van der Waals surface area contributed by atoms with E-state index in [-0.39, 0.29) is 10.1 Å². The highest BCUT2D eigenvalue weighted by atomic mass is 79.9. The third kappa shape index (κ3) is 5.46. The van der Waals surface area contributed by atoms with Crippen molar-refractivity contribution in [2.45, 2.75) is 0 Å². The van der Waals surface area contributed by atoms with Crippen molar-refractivity contribution in [1.82, 2.24) is 0 Å². The van der Waals surface area contributed by atoms with Gasteiger partial charge >= 0.3 is 0 Å². The first-order chi connectivity index (χ1) is 9.02. The van der Waals surface area contributed by atoms with E-state index < -0.39 is 0 Å². The molecule has 5 heteroatoms. The third-order valence-corrected chi connectivity index (χ3v) is 3.27. The van der Waals surface area contributed by atoms with E-state index >= 15 is 0 Å². The lowest BCUT2D eigenvalue weighted by Crippen LogP contribution is -1.94. The molecule has 0 atom stereocenters. The van der Waals surface area contributed by atoms with Crippen molar-refractivity contribution in [2.75, 3.05) is 0 Å². The first-order valence-corrected chi connectivity index (χ1v) is 6.89. The highest BCUT2D eigenvalue weighted by molar-refractivity contribution is 9.10. The summed E-state index contributed by atoms with van der Waals surface area (Å²) in [6.07, 6.45) is 0. The van der Waals surface area contributed by atoms with Crippen molar-refractivity contribution in [3.63, 3.8) is 0 Å². The van der Waals surface area contributed by atoms with Crippen LogP contribution in [0, 0.1) is 0 Å². The molecule has 0 heterocycles. The molecule has 0 unspecified atom stereocenters. The normalized spacial score (nSPS) is 9.11. The summed E-state index contributed by atoms with van der Waals surface area (Å²) in [6.45, 7) is 0. The van der Waals surface area contributed by atoms with Crippen molar-refractivity contribution < 1.29 is 10.2 Å². The monoisotopic (exact) mass is 354 g/mol. The molecule has 2 rings (SSSR count). The summed E-state index contributed by atoms with van der Waals surface area (Å²) in [5.74, 6) is 0. The predicted molar refractivity (Wildman–Crippen MR) is 89.2 cm³/mol. The first kappa shape index (κ1) is 15.8. The summed E-state index contributed by atoms with van der Waals surface area (Å²) < 4.78 is 0.822. The second-order valence-corrected chi connectivity index (χ2v) is 5.08. The van der Waals surface area contributed by atoms with Gasteiger partial charge in [0, 0.05) is 15.6 Å². The molecule has 2 N–H and O–H groups in total. The van der Waals surface area contributed by atoms with Gasteiger partial charge in [0.25, 0.3) is 0 Å². The van der Waals surface area contributed by atoms with Crippen LogP contribution >= 0.6 is 40.4 Å². The molecule has 0 saturated carbocycles. The largest absolute Gasteiger partial charge is 0.499 e. The zero-order valence-corrected chi connectivity index (χ0v) is 13.0. The molecule has 98 valence electrons. The minimum atomic E-state index is -0.0764. The Kier molecular flexibility index (Phi) is 6.62. The Morgan fingerprint density at radius 1 is 0.789 bits per heavy atom. The van der Waals surface area contributed by atoms with E-state index in [0.717, 1.165) is 4.47 Å². The molecule has 2 aromatic carbocycles. The number of halogens is 1. The van der Waals surface area contributed by atoms with Crippen LogP contribution in [0.5, 0.6) is 0 Å². The van der Waals surface area contributed by atoms with Crippen LogP contribution < -0.4 is 0 Å². The van der Waals surface area contributed by atoms with Gasteiger partial charge in [-0.25, -0.2) is 0 Å². The van der Waals surface area contributed by atoms with Crippen molar-refractivity contribution in [1.29, 1.82) is 0 Å².